The van der Waals surface area contributed by atoms with Crippen LogP contribution in [0.5, 0.6) is 0 Å². The average molecular weight is 340 g/mol. The van der Waals surface area contributed by atoms with Gasteiger partial charge in [0.2, 0.25) is 10.0 Å². The smallest absolute Gasteiger partial charge is 0.218 e. The second-order valence-corrected chi connectivity index (χ2v) is 7.76. The highest BCUT2D eigenvalue weighted by Crippen LogP contribution is 2.26. The van der Waals surface area contributed by atoms with E-state index in [0.717, 1.165) is 0 Å². The van der Waals surface area contributed by atoms with E-state index in [2.05, 4.69) is 10.3 Å². The van der Waals surface area contributed by atoms with Crippen molar-refractivity contribution in [3.05, 3.63) is 48.0 Å². The molecule has 1 aromatic heterocycles. The summed E-state index contributed by atoms with van der Waals surface area (Å²) in [6, 6.07) is 5.36. The molecule has 7 nitrogen and oxygen atoms in total. The van der Waals surface area contributed by atoms with E-state index in [4.69, 9.17) is 0 Å². The Bertz CT molecular complexity index is 764. The maximum atomic E-state index is 12.9. The molecule has 2 heterocycles. The molecule has 1 atom stereocenters. The molecule has 1 unspecified atom stereocenters. The summed E-state index contributed by atoms with van der Waals surface area (Å²) in [6.45, 7) is 0.445. The summed E-state index contributed by atoms with van der Waals surface area (Å²) in [7, 11) is -3.57. The molecule has 1 saturated heterocycles. The Kier molecular flexibility index (Phi) is 4.17. The highest BCUT2D eigenvalue weighted by atomic mass is 32.2. The minimum Gasteiger partial charge on any atom is -0.387 e. The fourth-order valence-corrected chi connectivity index (χ4v) is 4.29. The predicted molar refractivity (Wildman–Crippen MR) is 80.2 cm³/mol. The minimum absolute atomic E-state index is 0.0103. The maximum absolute atomic E-state index is 12.9. The van der Waals surface area contributed by atoms with Crippen LogP contribution in [0, 0.1) is 5.82 Å². The van der Waals surface area contributed by atoms with Crippen molar-refractivity contribution in [3.63, 3.8) is 0 Å². The number of rotatable bonds is 5. The van der Waals surface area contributed by atoms with E-state index in [9.17, 15) is 17.9 Å². The molecule has 0 spiro atoms. The number of aromatic nitrogens is 3. The van der Waals surface area contributed by atoms with Crippen LogP contribution in [0.15, 0.2) is 36.7 Å². The van der Waals surface area contributed by atoms with Gasteiger partial charge < -0.3 is 5.11 Å². The van der Waals surface area contributed by atoms with Crippen molar-refractivity contribution in [2.75, 3.05) is 13.1 Å². The van der Waals surface area contributed by atoms with Crippen LogP contribution in [0.25, 0.3) is 0 Å². The zero-order chi connectivity index (χ0) is 16.5. The van der Waals surface area contributed by atoms with Crippen LogP contribution < -0.4 is 0 Å². The van der Waals surface area contributed by atoms with Gasteiger partial charge in [0.25, 0.3) is 0 Å². The highest BCUT2D eigenvalue weighted by molar-refractivity contribution is 7.88. The third-order valence-corrected chi connectivity index (χ3v) is 5.68. The maximum Gasteiger partial charge on any atom is 0.218 e. The Hall–Kier alpha value is -1.84. The molecule has 1 aliphatic heterocycles. The van der Waals surface area contributed by atoms with Crippen LogP contribution in [-0.2, 0) is 22.3 Å². The quantitative estimate of drug-likeness (QED) is 0.850. The average Bonchev–Trinajstić information content (AvgIpc) is 3.12. The molecule has 9 heteroatoms. The van der Waals surface area contributed by atoms with Gasteiger partial charge >= 0.3 is 0 Å². The number of β-amino-alcohol motifs (C(OH)–C–C–N with tert-alkyl or cyclic N) is 1. The van der Waals surface area contributed by atoms with Crippen LogP contribution in [0.3, 0.4) is 0 Å². The van der Waals surface area contributed by atoms with Crippen molar-refractivity contribution < 1.29 is 17.9 Å². The lowest BCUT2D eigenvalue weighted by atomic mass is 10.0. The van der Waals surface area contributed by atoms with E-state index in [-0.39, 0.29) is 25.4 Å². The standard InChI is InChI=1S/C14H17FN4O3S/c15-13-3-1-12(2-4-13)9-23(21,22)19-7-5-14(20,11-19)10-18-8-6-16-17-18/h1-4,6,8,20H,5,7,9-11H2. The topological polar surface area (TPSA) is 88.3 Å². The van der Waals surface area contributed by atoms with E-state index in [1.54, 1.807) is 6.20 Å². The first-order valence-electron chi connectivity index (χ1n) is 7.15. The molecule has 124 valence electrons. The van der Waals surface area contributed by atoms with Gasteiger partial charge in [-0.05, 0) is 24.1 Å². The lowest BCUT2D eigenvalue weighted by Crippen LogP contribution is -2.39. The summed E-state index contributed by atoms with van der Waals surface area (Å²) < 4.78 is 40.6. The lowest BCUT2D eigenvalue weighted by molar-refractivity contribution is 0.0341. The van der Waals surface area contributed by atoms with E-state index >= 15 is 0 Å². The molecule has 1 N–H and O–H groups in total. The SMILES string of the molecule is O=S(=O)(Cc1ccc(F)cc1)N1CCC(O)(Cn2ccnn2)C1. The number of sulfonamides is 1. The van der Waals surface area contributed by atoms with Crippen LogP contribution in [0.2, 0.25) is 0 Å². The summed E-state index contributed by atoms with van der Waals surface area (Å²) in [5, 5.41) is 18.0. The first kappa shape index (κ1) is 16.0. The number of hydrogen-bond donors (Lipinski definition) is 1. The van der Waals surface area contributed by atoms with Crippen molar-refractivity contribution in [1.29, 1.82) is 0 Å². The molecule has 3 rings (SSSR count). The molecule has 2 aromatic rings. The van der Waals surface area contributed by atoms with Crippen LogP contribution in [0.1, 0.15) is 12.0 Å². The van der Waals surface area contributed by atoms with E-state index < -0.39 is 21.4 Å². The third-order valence-electron chi connectivity index (χ3n) is 3.88. The van der Waals surface area contributed by atoms with Gasteiger partial charge in [0.05, 0.1) is 24.1 Å². The summed E-state index contributed by atoms with van der Waals surface area (Å²) in [4.78, 5) is 0. The van der Waals surface area contributed by atoms with Gasteiger partial charge in [-0.15, -0.1) is 5.10 Å². The van der Waals surface area contributed by atoms with Gasteiger partial charge in [0.1, 0.15) is 5.82 Å². The summed E-state index contributed by atoms with van der Waals surface area (Å²) in [6.07, 6.45) is 3.45. The molecule has 0 aliphatic carbocycles. The van der Waals surface area contributed by atoms with Crippen molar-refractivity contribution in [2.45, 2.75) is 24.3 Å². The molecule has 0 amide bonds. The van der Waals surface area contributed by atoms with Gasteiger partial charge in [-0.2, -0.15) is 4.31 Å². The Balaban J connectivity index is 1.68. The second-order valence-electron chi connectivity index (χ2n) is 5.79. The molecule has 1 aromatic carbocycles. The first-order valence-corrected chi connectivity index (χ1v) is 8.76. The van der Waals surface area contributed by atoms with E-state index in [1.807, 2.05) is 0 Å². The van der Waals surface area contributed by atoms with Crippen LogP contribution >= 0.6 is 0 Å². The number of nitrogens with zero attached hydrogens (tertiary/aromatic N) is 4. The van der Waals surface area contributed by atoms with Crippen molar-refractivity contribution in [2.24, 2.45) is 0 Å². The molecule has 0 radical (unpaired) electrons. The third kappa shape index (κ3) is 3.74. The van der Waals surface area contributed by atoms with Gasteiger partial charge in [0, 0.05) is 19.3 Å². The number of hydrogen-bond acceptors (Lipinski definition) is 5. The first-order chi connectivity index (χ1) is 10.9. The monoisotopic (exact) mass is 340 g/mol. The molecule has 0 saturated carbocycles. The molecular formula is C14H17FN4O3S. The lowest BCUT2D eigenvalue weighted by Gasteiger charge is -2.23. The molecule has 23 heavy (non-hydrogen) atoms. The van der Waals surface area contributed by atoms with Crippen LogP contribution in [-0.4, -0.2) is 51.5 Å². The number of benzene rings is 1. The van der Waals surface area contributed by atoms with Crippen molar-refractivity contribution in [1.82, 2.24) is 19.3 Å². The summed E-state index contributed by atoms with van der Waals surface area (Å²) in [5.41, 5.74) is -0.651. The van der Waals surface area contributed by atoms with E-state index in [1.165, 1.54) is 39.4 Å². The Morgan fingerprint density at radius 3 is 2.70 bits per heavy atom. The fourth-order valence-electron chi connectivity index (χ4n) is 2.69. The molecule has 1 aliphatic rings. The summed E-state index contributed by atoms with van der Waals surface area (Å²) >= 11 is 0. The zero-order valence-corrected chi connectivity index (χ0v) is 13.2. The van der Waals surface area contributed by atoms with E-state index in [0.29, 0.717) is 12.0 Å². The second kappa shape index (κ2) is 5.99. The normalized spacial score (nSPS) is 22.5. The van der Waals surface area contributed by atoms with Gasteiger partial charge in [-0.25, -0.2) is 17.5 Å². The number of aliphatic hydroxyl groups is 1. The molecule has 0 bridgehead atoms. The molecule has 1 fully saturated rings. The van der Waals surface area contributed by atoms with Crippen molar-refractivity contribution >= 4 is 10.0 Å². The Labute approximate surface area is 133 Å². The van der Waals surface area contributed by atoms with Crippen molar-refractivity contribution in [3.8, 4) is 0 Å². The minimum atomic E-state index is -3.57. The Morgan fingerprint density at radius 2 is 2.04 bits per heavy atom. The fraction of sp³-hybridized carbons (Fsp3) is 0.429. The zero-order valence-electron chi connectivity index (χ0n) is 12.3. The predicted octanol–water partition coefficient (Wildman–Crippen LogP) is 0.384. The van der Waals surface area contributed by atoms with Gasteiger partial charge in [0.15, 0.2) is 0 Å². The van der Waals surface area contributed by atoms with Gasteiger partial charge in [-0.1, -0.05) is 17.3 Å². The summed E-state index contributed by atoms with van der Waals surface area (Å²) in [5.74, 6) is -0.623. The van der Waals surface area contributed by atoms with Gasteiger partial charge in [-0.3, -0.25) is 0 Å². The molecular weight excluding hydrogens is 323 g/mol. The van der Waals surface area contributed by atoms with Crippen LogP contribution in [0.4, 0.5) is 4.39 Å². The number of halogens is 1. The Morgan fingerprint density at radius 1 is 1.30 bits per heavy atom. The highest BCUT2D eigenvalue weighted by Gasteiger charge is 2.41. The largest absolute Gasteiger partial charge is 0.387 e.